The Balaban J connectivity index is 1.63. The number of hydrogen-bond acceptors (Lipinski definition) is 5. The molecule has 1 fully saturated rings. The van der Waals surface area contributed by atoms with Gasteiger partial charge in [0.2, 0.25) is 5.91 Å². The van der Waals surface area contributed by atoms with E-state index in [1.165, 1.54) is 0 Å². The predicted molar refractivity (Wildman–Crippen MR) is 78.8 cm³/mol. The van der Waals surface area contributed by atoms with Crippen LogP contribution >= 0.6 is 0 Å². The van der Waals surface area contributed by atoms with Crippen LogP contribution < -0.4 is 10.2 Å². The first-order valence-corrected chi connectivity index (χ1v) is 7.14. The summed E-state index contributed by atoms with van der Waals surface area (Å²) in [6.07, 6.45) is 8.51. The van der Waals surface area contributed by atoms with Gasteiger partial charge in [-0.3, -0.25) is 9.69 Å². The fraction of sp³-hybridized carbons (Fsp3) is 0.429. The molecule has 1 aliphatic rings. The van der Waals surface area contributed by atoms with E-state index in [1.807, 2.05) is 6.20 Å². The Bertz CT molecular complexity index is 621. The summed E-state index contributed by atoms with van der Waals surface area (Å²) in [4.78, 5) is 26.2. The molecule has 7 nitrogen and oxygen atoms in total. The lowest BCUT2D eigenvalue weighted by atomic mass is 10.4. The maximum absolute atomic E-state index is 11.6. The summed E-state index contributed by atoms with van der Waals surface area (Å²) in [5.74, 6) is 2.38. The zero-order chi connectivity index (χ0) is 14.7. The molecule has 0 saturated carbocycles. The quantitative estimate of drug-likeness (QED) is 0.900. The Hall–Kier alpha value is -2.44. The molecule has 0 aromatic carbocycles. The Morgan fingerprint density at radius 3 is 2.86 bits per heavy atom. The van der Waals surface area contributed by atoms with Crippen LogP contribution in [0.2, 0.25) is 0 Å². The number of amides is 1. The van der Waals surface area contributed by atoms with Crippen LogP contribution in [0.4, 0.5) is 11.6 Å². The Morgan fingerprint density at radius 1 is 1.29 bits per heavy atom. The topological polar surface area (TPSA) is 75.9 Å². The summed E-state index contributed by atoms with van der Waals surface area (Å²) in [6.45, 7) is 4.29. The van der Waals surface area contributed by atoms with E-state index >= 15 is 0 Å². The maximum atomic E-state index is 11.6. The van der Waals surface area contributed by atoms with Crippen molar-refractivity contribution in [1.82, 2.24) is 19.5 Å². The zero-order valence-corrected chi connectivity index (χ0v) is 12.0. The largest absolute Gasteiger partial charge is 0.362 e. The van der Waals surface area contributed by atoms with Gasteiger partial charge in [0.05, 0.1) is 18.9 Å². The van der Waals surface area contributed by atoms with Gasteiger partial charge in [-0.1, -0.05) is 0 Å². The molecule has 21 heavy (non-hydrogen) atoms. The highest BCUT2D eigenvalue weighted by Crippen LogP contribution is 2.18. The van der Waals surface area contributed by atoms with E-state index in [0.29, 0.717) is 24.6 Å². The zero-order valence-electron chi connectivity index (χ0n) is 12.0. The van der Waals surface area contributed by atoms with Gasteiger partial charge in [0.15, 0.2) is 5.82 Å². The molecule has 1 aliphatic heterocycles. The lowest BCUT2D eigenvalue weighted by Crippen LogP contribution is -2.24. The molecule has 0 unspecified atom stereocenters. The standard InChI is InChI=1S/C14H18N6O/c1-2-19-7-5-15-12(19)9-16-11-8-18-13(10-17-11)20-6-3-4-14(20)21/h5,7-8,10H,2-4,6,9H2,1H3,(H,16,17). The molecule has 1 amide bonds. The van der Waals surface area contributed by atoms with Crippen LogP contribution in [0.1, 0.15) is 25.6 Å². The summed E-state index contributed by atoms with van der Waals surface area (Å²) in [6, 6.07) is 0. The Morgan fingerprint density at radius 2 is 2.19 bits per heavy atom. The van der Waals surface area contributed by atoms with Crippen LogP contribution in [0.3, 0.4) is 0 Å². The van der Waals surface area contributed by atoms with E-state index in [9.17, 15) is 4.79 Å². The highest BCUT2D eigenvalue weighted by atomic mass is 16.2. The third-order valence-electron chi connectivity index (χ3n) is 3.56. The van der Waals surface area contributed by atoms with Crippen molar-refractivity contribution in [2.75, 3.05) is 16.8 Å². The molecule has 0 bridgehead atoms. The van der Waals surface area contributed by atoms with Crippen molar-refractivity contribution in [3.05, 3.63) is 30.6 Å². The molecular weight excluding hydrogens is 268 g/mol. The lowest BCUT2D eigenvalue weighted by Gasteiger charge is -2.14. The molecule has 0 atom stereocenters. The van der Waals surface area contributed by atoms with Crippen molar-refractivity contribution in [2.45, 2.75) is 32.9 Å². The smallest absolute Gasteiger partial charge is 0.228 e. The fourth-order valence-electron chi connectivity index (χ4n) is 2.41. The first kappa shape index (κ1) is 13.5. The number of aryl methyl sites for hydroxylation is 1. The van der Waals surface area contributed by atoms with Crippen LogP contribution in [0.5, 0.6) is 0 Å². The van der Waals surface area contributed by atoms with E-state index in [2.05, 4.69) is 31.8 Å². The SMILES string of the molecule is CCn1ccnc1CNc1cnc(N2CCCC2=O)cn1. The van der Waals surface area contributed by atoms with Gasteiger partial charge in [0, 0.05) is 31.9 Å². The molecule has 2 aromatic rings. The van der Waals surface area contributed by atoms with E-state index in [-0.39, 0.29) is 5.91 Å². The lowest BCUT2D eigenvalue weighted by molar-refractivity contribution is -0.117. The normalized spacial score (nSPS) is 14.7. The van der Waals surface area contributed by atoms with Crippen LogP contribution in [-0.4, -0.2) is 32.0 Å². The van der Waals surface area contributed by atoms with Crippen molar-refractivity contribution >= 4 is 17.5 Å². The molecule has 3 rings (SSSR count). The van der Waals surface area contributed by atoms with Gasteiger partial charge in [-0.15, -0.1) is 0 Å². The van der Waals surface area contributed by atoms with Crippen LogP contribution in [0, 0.1) is 0 Å². The number of nitrogens with zero attached hydrogens (tertiary/aromatic N) is 5. The van der Waals surface area contributed by atoms with Crippen LogP contribution in [0.25, 0.3) is 0 Å². The van der Waals surface area contributed by atoms with Crippen LogP contribution in [-0.2, 0) is 17.9 Å². The van der Waals surface area contributed by atoms with Gasteiger partial charge in [0.1, 0.15) is 11.6 Å². The van der Waals surface area contributed by atoms with Gasteiger partial charge >= 0.3 is 0 Å². The van der Waals surface area contributed by atoms with Gasteiger partial charge in [0.25, 0.3) is 0 Å². The molecule has 0 spiro atoms. The first-order valence-electron chi connectivity index (χ1n) is 7.14. The number of rotatable bonds is 5. The average molecular weight is 286 g/mol. The summed E-state index contributed by atoms with van der Waals surface area (Å²) >= 11 is 0. The van der Waals surface area contributed by atoms with Gasteiger partial charge in [-0.25, -0.2) is 15.0 Å². The van der Waals surface area contributed by atoms with Crippen molar-refractivity contribution in [3.63, 3.8) is 0 Å². The minimum Gasteiger partial charge on any atom is -0.362 e. The molecular formula is C14H18N6O. The monoisotopic (exact) mass is 286 g/mol. The number of imidazole rings is 1. The number of hydrogen-bond donors (Lipinski definition) is 1. The minimum atomic E-state index is 0.120. The fourth-order valence-corrected chi connectivity index (χ4v) is 2.41. The van der Waals surface area contributed by atoms with Crippen molar-refractivity contribution in [3.8, 4) is 0 Å². The molecule has 0 aliphatic carbocycles. The summed E-state index contributed by atoms with van der Waals surface area (Å²) in [5.41, 5.74) is 0. The second-order valence-corrected chi connectivity index (χ2v) is 4.89. The molecule has 110 valence electrons. The highest BCUT2D eigenvalue weighted by Gasteiger charge is 2.22. The third kappa shape index (κ3) is 2.86. The minimum absolute atomic E-state index is 0.120. The predicted octanol–water partition coefficient (Wildman–Crippen LogP) is 1.43. The van der Waals surface area contributed by atoms with Crippen molar-refractivity contribution in [2.24, 2.45) is 0 Å². The van der Waals surface area contributed by atoms with Crippen LogP contribution in [0.15, 0.2) is 24.8 Å². The molecule has 2 aromatic heterocycles. The average Bonchev–Trinajstić information content (AvgIpc) is 3.14. The summed E-state index contributed by atoms with van der Waals surface area (Å²) in [7, 11) is 0. The van der Waals surface area contributed by atoms with E-state index < -0.39 is 0 Å². The second-order valence-electron chi connectivity index (χ2n) is 4.89. The van der Waals surface area contributed by atoms with Crippen molar-refractivity contribution < 1.29 is 4.79 Å². The molecule has 1 saturated heterocycles. The number of nitrogens with one attached hydrogen (secondary N) is 1. The first-order chi connectivity index (χ1) is 10.3. The summed E-state index contributed by atoms with van der Waals surface area (Å²) < 4.78 is 2.07. The van der Waals surface area contributed by atoms with Crippen molar-refractivity contribution in [1.29, 1.82) is 0 Å². The van der Waals surface area contributed by atoms with E-state index in [0.717, 1.165) is 25.3 Å². The number of carbonyl (C=O) groups excluding carboxylic acids is 1. The molecule has 3 heterocycles. The van der Waals surface area contributed by atoms with E-state index in [1.54, 1.807) is 23.5 Å². The van der Waals surface area contributed by atoms with Gasteiger partial charge < -0.3 is 9.88 Å². The number of aromatic nitrogens is 4. The summed E-state index contributed by atoms with van der Waals surface area (Å²) in [5, 5.41) is 3.19. The maximum Gasteiger partial charge on any atom is 0.228 e. The van der Waals surface area contributed by atoms with E-state index in [4.69, 9.17) is 0 Å². The van der Waals surface area contributed by atoms with Gasteiger partial charge in [-0.05, 0) is 13.3 Å². The Kier molecular flexibility index (Phi) is 3.81. The Labute approximate surface area is 123 Å². The highest BCUT2D eigenvalue weighted by molar-refractivity contribution is 5.94. The van der Waals surface area contributed by atoms with Gasteiger partial charge in [-0.2, -0.15) is 0 Å². The molecule has 1 N–H and O–H groups in total. The second kappa shape index (κ2) is 5.90. The molecule has 7 heteroatoms. The number of anilines is 2. The number of carbonyl (C=O) groups is 1. The third-order valence-corrected chi connectivity index (χ3v) is 3.56. The molecule has 0 radical (unpaired) electrons.